The molecule has 0 aliphatic carbocycles. The number of hydrogen-bond donors (Lipinski definition) is 1. The molecule has 1 N–H and O–H groups in total. The Morgan fingerprint density at radius 2 is 1.08 bits per heavy atom. The number of carbonyl (C=O) groups excluding carboxylic acids is 1. The van der Waals surface area contributed by atoms with Crippen molar-refractivity contribution in [2.75, 3.05) is 19.8 Å². The molecule has 0 aliphatic rings. The lowest BCUT2D eigenvalue weighted by molar-refractivity contribution is -0.154. The second-order valence-electron chi connectivity index (χ2n) is 10.9. The lowest BCUT2D eigenvalue weighted by atomic mass is 10.1. The standard InChI is InChI=1S/C35H64O4/c1-3-5-7-9-11-12-13-14-15-16-17-18-19-20-21-22-23-24-25-26-28-30-35(37)39-34(32-36)33-38-31-29-27-10-8-6-4-2/h13-14,16-17,19-20,34,36H,3-12,15,18,21-33H2,1-2H3/b14-13-,17-16-,20-19-. The Morgan fingerprint density at radius 3 is 1.62 bits per heavy atom. The smallest absolute Gasteiger partial charge is 0.306 e. The second-order valence-corrected chi connectivity index (χ2v) is 10.9. The summed E-state index contributed by atoms with van der Waals surface area (Å²) in [6, 6.07) is 0. The molecule has 0 aromatic carbocycles. The lowest BCUT2D eigenvalue weighted by Gasteiger charge is -2.15. The molecule has 39 heavy (non-hydrogen) atoms. The topological polar surface area (TPSA) is 55.8 Å². The maximum absolute atomic E-state index is 12.0. The quantitative estimate of drug-likeness (QED) is 0.0551. The summed E-state index contributed by atoms with van der Waals surface area (Å²) >= 11 is 0. The average molecular weight is 549 g/mol. The normalized spacial score (nSPS) is 12.8. The molecule has 0 amide bonds. The molecule has 0 radical (unpaired) electrons. The number of aliphatic hydroxyl groups is 1. The molecule has 4 nitrogen and oxygen atoms in total. The fourth-order valence-corrected chi connectivity index (χ4v) is 4.45. The third-order valence-corrected chi connectivity index (χ3v) is 6.97. The minimum atomic E-state index is -0.534. The molecule has 0 aliphatic heterocycles. The van der Waals surface area contributed by atoms with Crippen LogP contribution in [0.5, 0.6) is 0 Å². The highest BCUT2D eigenvalue weighted by atomic mass is 16.6. The van der Waals surface area contributed by atoms with Gasteiger partial charge in [0.1, 0.15) is 6.10 Å². The summed E-state index contributed by atoms with van der Waals surface area (Å²) in [6.07, 6.45) is 39.0. The van der Waals surface area contributed by atoms with Crippen molar-refractivity contribution in [1.82, 2.24) is 0 Å². The maximum atomic E-state index is 12.0. The number of carbonyl (C=O) groups is 1. The van der Waals surface area contributed by atoms with Crippen molar-refractivity contribution in [2.45, 2.75) is 161 Å². The van der Waals surface area contributed by atoms with Crippen LogP contribution in [0.25, 0.3) is 0 Å². The Labute approximate surface area is 242 Å². The Morgan fingerprint density at radius 1 is 0.615 bits per heavy atom. The van der Waals surface area contributed by atoms with Gasteiger partial charge in [-0.1, -0.05) is 134 Å². The number of unbranched alkanes of at least 4 members (excludes halogenated alkanes) is 16. The fraction of sp³-hybridized carbons (Fsp3) is 0.800. The molecule has 1 unspecified atom stereocenters. The molecule has 0 rings (SSSR count). The molecular formula is C35H64O4. The van der Waals surface area contributed by atoms with E-state index < -0.39 is 6.10 Å². The minimum Gasteiger partial charge on any atom is -0.457 e. The molecule has 0 aromatic heterocycles. The molecule has 0 fully saturated rings. The zero-order valence-corrected chi connectivity index (χ0v) is 25.9. The second kappa shape index (κ2) is 32.8. The van der Waals surface area contributed by atoms with Gasteiger partial charge in [0.05, 0.1) is 13.2 Å². The molecule has 0 saturated carbocycles. The van der Waals surface area contributed by atoms with Crippen molar-refractivity contribution in [3.8, 4) is 0 Å². The van der Waals surface area contributed by atoms with Gasteiger partial charge in [-0.05, 0) is 51.4 Å². The molecule has 0 bridgehead atoms. The zero-order chi connectivity index (χ0) is 28.5. The Bertz CT molecular complexity index is 581. The van der Waals surface area contributed by atoms with E-state index in [2.05, 4.69) is 50.3 Å². The summed E-state index contributed by atoms with van der Waals surface area (Å²) in [4.78, 5) is 12.0. The highest BCUT2D eigenvalue weighted by molar-refractivity contribution is 5.69. The van der Waals surface area contributed by atoms with Gasteiger partial charge in [-0.15, -0.1) is 0 Å². The first kappa shape index (κ1) is 37.6. The van der Waals surface area contributed by atoms with Gasteiger partial charge in [0.15, 0.2) is 0 Å². The number of allylic oxidation sites excluding steroid dienone is 6. The van der Waals surface area contributed by atoms with Gasteiger partial charge in [0.25, 0.3) is 0 Å². The van der Waals surface area contributed by atoms with E-state index in [4.69, 9.17) is 9.47 Å². The Balaban J connectivity index is 3.49. The van der Waals surface area contributed by atoms with E-state index in [1.54, 1.807) is 0 Å². The maximum Gasteiger partial charge on any atom is 0.306 e. The van der Waals surface area contributed by atoms with E-state index in [-0.39, 0.29) is 12.6 Å². The molecule has 4 heteroatoms. The summed E-state index contributed by atoms with van der Waals surface area (Å²) in [5.74, 6) is -0.217. The van der Waals surface area contributed by atoms with Crippen molar-refractivity contribution < 1.29 is 19.4 Å². The summed E-state index contributed by atoms with van der Waals surface area (Å²) in [7, 11) is 0. The molecule has 0 saturated heterocycles. The van der Waals surface area contributed by atoms with Gasteiger partial charge in [-0.3, -0.25) is 4.79 Å². The van der Waals surface area contributed by atoms with E-state index >= 15 is 0 Å². The molecule has 0 aromatic rings. The van der Waals surface area contributed by atoms with Crippen molar-refractivity contribution in [3.63, 3.8) is 0 Å². The van der Waals surface area contributed by atoms with Gasteiger partial charge in [-0.2, -0.15) is 0 Å². The number of aliphatic hydroxyl groups excluding tert-OH is 1. The highest BCUT2D eigenvalue weighted by Crippen LogP contribution is 2.11. The number of ether oxygens (including phenoxy) is 2. The third kappa shape index (κ3) is 31.0. The summed E-state index contributed by atoms with van der Waals surface area (Å²) in [6.45, 7) is 5.27. The van der Waals surface area contributed by atoms with E-state index in [0.29, 0.717) is 19.6 Å². The highest BCUT2D eigenvalue weighted by Gasteiger charge is 2.13. The van der Waals surface area contributed by atoms with E-state index in [9.17, 15) is 9.90 Å². The first-order valence-corrected chi connectivity index (χ1v) is 16.6. The monoisotopic (exact) mass is 548 g/mol. The lowest BCUT2D eigenvalue weighted by Crippen LogP contribution is -2.27. The van der Waals surface area contributed by atoms with Crippen LogP contribution in [-0.2, 0) is 14.3 Å². The summed E-state index contributed by atoms with van der Waals surface area (Å²) in [5.41, 5.74) is 0. The molecule has 228 valence electrons. The number of esters is 1. The van der Waals surface area contributed by atoms with Gasteiger partial charge in [0, 0.05) is 13.0 Å². The predicted octanol–water partition coefficient (Wildman–Crippen LogP) is 10.2. The van der Waals surface area contributed by atoms with Crippen LogP contribution in [-0.4, -0.2) is 37.0 Å². The summed E-state index contributed by atoms with van der Waals surface area (Å²) < 4.78 is 11.0. The minimum absolute atomic E-state index is 0.177. The largest absolute Gasteiger partial charge is 0.457 e. The fourth-order valence-electron chi connectivity index (χ4n) is 4.45. The van der Waals surface area contributed by atoms with Crippen LogP contribution in [0.3, 0.4) is 0 Å². The van der Waals surface area contributed by atoms with Gasteiger partial charge < -0.3 is 14.6 Å². The third-order valence-electron chi connectivity index (χ3n) is 6.97. The zero-order valence-electron chi connectivity index (χ0n) is 25.9. The number of hydrogen-bond acceptors (Lipinski definition) is 4. The van der Waals surface area contributed by atoms with Crippen LogP contribution in [0, 0.1) is 0 Å². The van der Waals surface area contributed by atoms with Crippen molar-refractivity contribution in [2.24, 2.45) is 0 Å². The predicted molar refractivity (Wildman–Crippen MR) is 168 cm³/mol. The molecular weight excluding hydrogens is 484 g/mol. The van der Waals surface area contributed by atoms with Crippen LogP contribution in [0.15, 0.2) is 36.5 Å². The van der Waals surface area contributed by atoms with Gasteiger partial charge >= 0.3 is 5.97 Å². The number of rotatable bonds is 30. The van der Waals surface area contributed by atoms with Gasteiger partial charge in [0.2, 0.25) is 0 Å². The molecule has 1 atom stereocenters. The first-order chi connectivity index (χ1) is 19.2. The van der Waals surface area contributed by atoms with Crippen LogP contribution >= 0.6 is 0 Å². The van der Waals surface area contributed by atoms with Crippen molar-refractivity contribution >= 4 is 5.97 Å². The average Bonchev–Trinajstić information content (AvgIpc) is 2.94. The molecule has 0 spiro atoms. The Hall–Kier alpha value is -1.39. The van der Waals surface area contributed by atoms with E-state index in [1.807, 2.05) is 0 Å². The van der Waals surface area contributed by atoms with Crippen molar-refractivity contribution in [1.29, 1.82) is 0 Å². The van der Waals surface area contributed by atoms with E-state index in [1.165, 1.54) is 89.9 Å². The first-order valence-electron chi connectivity index (χ1n) is 16.6. The van der Waals surface area contributed by atoms with E-state index in [0.717, 1.165) is 44.9 Å². The van der Waals surface area contributed by atoms with Crippen LogP contribution in [0.2, 0.25) is 0 Å². The van der Waals surface area contributed by atoms with Gasteiger partial charge in [-0.25, -0.2) is 0 Å². The Kier molecular flexibility index (Phi) is 31.7. The van der Waals surface area contributed by atoms with Crippen LogP contribution in [0.1, 0.15) is 155 Å². The van der Waals surface area contributed by atoms with Crippen LogP contribution in [0.4, 0.5) is 0 Å². The molecule has 0 heterocycles. The van der Waals surface area contributed by atoms with Crippen molar-refractivity contribution in [3.05, 3.63) is 36.5 Å². The van der Waals surface area contributed by atoms with Crippen LogP contribution < -0.4 is 0 Å². The summed E-state index contributed by atoms with van der Waals surface area (Å²) in [5, 5.41) is 9.45. The SMILES string of the molecule is CCCCCCC/C=C\C/C=C\C/C=C\CCCCCCCCC(=O)OC(CO)COCCCCCCCC.